The summed E-state index contributed by atoms with van der Waals surface area (Å²) in [7, 11) is 0. The van der Waals surface area contributed by atoms with Gasteiger partial charge in [0.2, 0.25) is 0 Å². The number of carboxylic acid groups (broad SMARTS) is 1. The van der Waals surface area contributed by atoms with Crippen LogP contribution in [0.2, 0.25) is 0 Å². The van der Waals surface area contributed by atoms with E-state index >= 15 is 0 Å². The Balaban J connectivity index is 1.69. The second-order valence-corrected chi connectivity index (χ2v) is 5.15. The van der Waals surface area contributed by atoms with Gasteiger partial charge in [-0.15, -0.1) is 0 Å². The molecule has 1 N–H and O–H groups in total. The second-order valence-electron chi connectivity index (χ2n) is 5.15. The predicted octanol–water partition coefficient (Wildman–Crippen LogP) is 1.74. The Morgan fingerprint density at radius 2 is 2.14 bits per heavy atom. The van der Waals surface area contributed by atoms with Gasteiger partial charge >= 0.3 is 5.97 Å². The van der Waals surface area contributed by atoms with Crippen molar-refractivity contribution in [2.45, 2.75) is 19.8 Å². The third kappa shape index (κ3) is 2.86. The van der Waals surface area contributed by atoms with Gasteiger partial charge in [-0.2, -0.15) is 4.98 Å². The van der Waals surface area contributed by atoms with Crippen LogP contribution in [0.3, 0.4) is 0 Å². The van der Waals surface area contributed by atoms with Crippen molar-refractivity contribution in [1.82, 2.24) is 15.1 Å². The minimum absolute atomic E-state index is 0.234. The number of hydrogen-bond donors (Lipinski definition) is 1. The van der Waals surface area contributed by atoms with Gasteiger partial charge in [-0.05, 0) is 31.9 Å². The lowest BCUT2D eigenvalue weighted by Gasteiger charge is -2.30. The Hall–Kier alpha value is -2.44. The molecule has 3 heterocycles. The molecule has 0 radical (unpaired) electrons. The number of rotatable bonds is 3. The number of aromatic nitrogens is 3. The molecule has 0 unspecified atom stereocenters. The predicted molar refractivity (Wildman–Crippen MR) is 74.8 cm³/mol. The van der Waals surface area contributed by atoms with E-state index in [-0.39, 0.29) is 5.92 Å². The summed E-state index contributed by atoms with van der Waals surface area (Å²) in [5, 5.41) is 12.8. The van der Waals surface area contributed by atoms with Crippen LogP contribution in [0.4, 0.5) is 5.82 Å². The minimum Gasteiger partial charge on any atom is -0.481 e. The molecule has 0 aliphatic carbocycles. The highest BCUT2D eigenvalue weighted by molar-refractivity contribution is 5.70. The van der Waals surface area contributed by atoms with Crippen LogP contribution in [0, 0.1) is 12.8 Å². The topological polar surface area (TPSA) is 92.4 Å². The number of aliphatic carboxylic acids is 1. The van der Waals surface area contributed by atoms with Crippen LogP contribution >= 0.6 is 0 Å². The van der Waals surface area contributed by atoms with Gasteiger partial charge in [0.1, 0.15) is 5.82 Å². The molecule has 1 aliphatic heterocycles. The maximum atomic E-state index is 10.9. The molecule has 0 atom stereocenters. The summed E-state index contributed by atoms with van der Waals surface area (Å²) in [6.07, 6.45) is 3.01. The summed E-state index contributed by atoms with van der Waals surface area (Å²) >= 11 is 0. The van der Waals surface area contributed by atoms with E-state index < -0.39 is 5.97 Å². The summed E-state index contributed by atoms with van der Waals surface area (Å²) in [5.41, 5.74) is 0.778. The number of carboxylic acids is 1. The highest BCUT2D eigenvalue weighted by Crippen LogP contribution is 2.24. The van der Waals surface area contributed by atoms with Gasteiger partial charge in [-0.3, -0.25) is 4.79 Å². The molecule has 1 aliphatic rings. The average molecular weight is 288 g/mol. The number of pyridine rings is 1. The number of anilines is 1. The fourth-order valence-electron chi connectivity index (χ4n) is 2.47. The SMILES string of the molecule is Cc1noc(-c2ccc(N3CCC(C(=O)O)CC3)nc2)n1. The average Bonchev–Trinajstić information content (AvgIpc) is 2.94. The molecule has 1 fully saturated rings. The lowest BCUT2D eigenvalue weighted by Crippen LogP contribution is -2.36. The zero-order valence-electron chi connectivity index (χ0n) is 11.7. The third-order valence-corrected chi connectivity index (χ3v) is 3.69. The van der Waals surface area contributed by atoms with E-state index in [0.717, 1.165) is 11.4 Å². The lowest BCUT2D eigenvalue weighted by molar-refractivity contribution is -0.142. The van der Waals surface area contributed by atoms with Gasteiger partial charge < -0.3 is 14.5 Å². The Bertz CT molecular complexity index is 630. The van der Waals surface area contributed by atoms with Gasteiger partial charge in [-0.1, -0.05) is 5.16 Å². The van der Waals surface area contributed by atoms with Gasteiger partial charge in [0.25, 0.3) is 5.89 Å². The molecule has 0 spiro atoms. The molecule has 0 saturated carbocycles. The molecule has 21 heavy (non-hydrogen) atoms. The van der Waals surface area contributed by atoms with Gasteiger partial charge in [-0.25, -0.2) is 4.98 Å². The number of carbonyl (C=O) groups is 1. The molecule has 3 rings (SSSR count). The fourth-order valence-corrected chi connectivity index (χ4v) is 2.47. The summed E-state index contributed by atoms with van der Waals surface area (Å²) < 4.78 is 5.10. The highest BCUT2D eigenvalue weighted by atomic mass is 16.5. The largest absolute Gasteiger partial charge is 0.481 e. The van der Waals surface area contributed by atoms with Crippen molar-refractivity contribution in [2.75, 3.05) is 18.0 Å². The van der Waals surface area contributed by atoms with Gasteiger partial charge in [0.05, 0.1) is 11.5 Å². The molecule has 0 aromatic carbocycles. The van der Waals surface area contributed by atoms with Gasteiger partial charge in [0.15, 0.2) is 5.82 Å². The first-order valence-corrected chi connectivity index (χ1v) is 6.88. The number of piperidine rings is 1. The summed E-state index contributed by atoms with van der Waals surface area (Å²) in [4.78, 5) is 21.6. The van der Waals surface area contributed by atoms with Crippen LogP contribution in [-0.2, 0) is 4.79 Å². The molecular weight excluding hydrogens is 272 g/mol. The van der Waals surface area contributed by atoms with E-state index in [1.54, 1.807) is 13.1 Å². The standard InChI is InChI=1S/C14H16N4O3/c1-9-16-13(21-17-9)11-2-3-12(15-8-11)18-6-4-10(5-7-18)14(19)20/h2-3,8,10H,4-7H2,1H3,(H,19,20). The molecule has 2 aromatic rings. The molecule has 1 saturated heterocycles. The molecule has 110 valence electrons. The van der Waals surface area contributed by atoms with Crippen LogP contribution in [0.1, 0.15) is 18.7 Å². The maximum Gasteiger partial charge on any atom is 0.306 e. The van der Waals surface area contributed by atoms with Gasteiger partial charge in [0, 0.05) is 19.3 Å². The van der Waals surface area contributed by atoms with Crippen molar-refractivity contribution in [1.29, 1.82) is 0 Å². The van der Waals surface area contributed by atoms with Crippen LogP contribution in [0.15, 0.2) is 22.9 Å². The zero-order chi connectivity index (χ0) is 14.8. The van der Waals surface area contributed by atoms with E-state index in [0.29, 0.717) is 37.6 Å². The second kappa shape index (κ2) is 5.51. The Kier molecular flexibility index (Phi) is 3.55. The molecule has 0 amide bonds. The minimum atomic E-state index is -0.704. The van der Waals surface area contributed by atoms with Crippen LogP contribution < -0.4 is 4.90 Å². The van der Waals surface area contributed by atoms with Crippen molar-refractivity contribution in [3.05, 3.63) is 24.2 Å². The Labute approximate surface area is 121 Å². The first-order valence-electron chi connectivity index (χ1n) is 6.88. The van der Waals surface area contributed by atoms with E-state index in [9.17, 15) is 4.79 Å². The monoisotopic (exact) mass is 288 g/mol. The summed E-state index contributed by atoms with van der Waals surface area (Å²) in [6.45, 7) is 3.19. The van der Waals surface area contributed by atoms with Crippen LogP contribution in [-0.4, -0.2) is 39.3 Å². The van der Waals surface area contributed by atoms with Crippen molar-refractivity contribution in [3.8, 4) is 11.5 Å². The summed E-state index contributed by atoms with van der Waals surface area (Å²) in [5.74, 6) is 0.950. The van der Waals surface area contributed by atoms with Crippen LogP contribution in [0.25, 0.3) is 11.5 Å². The smallest absolute Gasteiger partial charge is 0.306 e. The molecule has 2 aromatic heterocycles. The lowest BCUT2D eigenvalue weighted by atomic mass is 9.97. The fraction of sp³-hybridized carbons (Fsp3) is 0.429. The summed E-state index contributed by atoms with van der Waals surface area (Å²) in [6, 6.07) is 3.79. The van der Waals surface area contributed by atoms with Crippen molar-refractivity contribution >= 4 is 11.8 Å². The number of nitrogens with zero attached hydrogens (tertiary/aromatic N) is 4. The molecule has 7 nitrogen and oxygen atoms in total. The Morgan fingerprint density at radius 3 is 2.67 bits per heavy atom. The maximum absolute atomic E-state index is 10.9. The van der Waals surface area contributed by atoms with E-state index in [1.165, 1.54) is 0 Å². The molecule has 0 bridgehead atoms. The first kappa shape index (κ1) is 13.5. The van der Waals surface area contributed by atoms with Crippen molar-refractivity contribution in [3.63, 3.8) is 0 Å². The van der Waals surface area contributed by atoms with E-state index in [4.69, 9.17) is 9.63 Å². The first-order chi connectivity index (χ1) is 10.1. The van der Waals surface area contributed by atoms with Crippen LogP contribution in [0.5, 0.6) is 0 Å². The quantitative estimate of drug-likeness (QED) is 0.919. The van der Waals surface area contributed by atoms with Crippen molar-refractivity contribution < 1.29 is 14.4 Å². The van der Waals surface area contributed by atoms with Crippen molar-refractivity contribution in [2.24, 2.45) is 5.92 Å². The number of aryl methyl sites for hydroxylation is 1. The molecular formula is C14H16N4O3. The van der Waals surface area contributed by atoms with E-state index in [2.05, 4.69) is 20.0 Å². The molecule has 7 heteroatoms. The number of hydrogen-bond acceptors (Lipinski definition) is 6. The zero-order valence-corrected chi connectivity index (χ0v) is 11.7. The Morgan fingerprint density at radius 1 is 1.38 bits per heavy atom. The van der Waals surface area contributed by atoms with E-state index in [1.807, 2.05) is 12.1 Å². The third-order valence-electron chi connectivity index (χ3n) is 3.69. The highest BCUT2D eigenvalue weighted by Gasteiger charge is 2.25. The normalized spacial score (nSPS) is 16.1.